The van der Waals surface area contributed by atoms with Crippen LogP contribution in [-0.2, 0) is 19.0 Å². The maximum atomic E-state index is 14.0. The zero-order valence-corrected chi connectivity index (χ0v) is 33.1. The first-order valence-electron chi connectivity index (χ1n) is 19.9. The zero-order valence-electron chi connectivity index (χ0n) is 33.1. The van der Waals surface area contributed by atoms with Crippen LogP contribution in [0.15, 0.2) is 164 Å². The van der Waals surface area contributed by atoms with Crippen molar-refractivity contribution in [2.45, 2.75) is 19.0 Å². The van der Waals surface area contributed by atoms with Crippen LogP contribution in [0.2, 0.25) is 0 Å². The minimum Gasteiger partial charge on any atom is -0.246 e. The Bertz CT molecular complexity index is 3240. The summed E-state index contributed by atoms with van der Waals surface area (Å²) in [5, 5.41) is 0. The Morgan fingerprint density at radius 1 is 0.297 bits per heavy atom. The average molecular weight is 859 g/mol. The van der Waals surface area contributed by atoms with Gasteiger partial charge in [0.25, 0.3) is 0 Å². The van der Waals surface area contributed by atoms with Gasteiger partial charge in [0.15, 0.2) is 0 Å². The number of hydrogen-bond acceptors (Lipinski definition) is 6. The standard InChI is InChI=1S/C51H29F7N6/c52-28-29-16-19-38-41(22-29)62-44(30-10-4-1-5-11-30)47(59-38)33-23-34(48-45(31-12-6-2-7-13-31)63-42-26-36(50(53,54)55)17-20-39(42)60-48)25-35(24-33)49-46(32-14-8-3-9-15-32)64-43-27-37(51(56,57)58)18-21-40(43)61-49/h1-27H,28H2. The number of nitrogens with zero attached hydrogens (tertiary/aromatic N) is 6. The van der Waals surface area contributed by atoms with Crippen molar-refractivity contribution in [1.82, 2.24) is 29.9 Å². The van der Waals surface area contributed by atoms with Gasteiger partial charge in [0.05, 0.1) is 78.4 Å². The van der Waals surface area contributed by atoms with Crippen LogP contribution in [0.3, 0.4) is 0 Å². The van der Waals surface area contributed by atoms with Gasteiger partial charge in [0.1, 0.15) is 6.67 Å². The smallest absolute Gasteiger partial charge is 0.246 e. The molecule has 0 radical (unpaired) electrons. The van der Waals surface area contributed by atoms with E-state index in [1.54, 1.807) is 84.9 Å². The van der Waals surface area contributed by atoms with E-state index in [1.807, 2.05) is 42.5 Å². The Labute approximate surface area is 359 Å². The van der Waals surface area contributed by atoms with Gasteiger partial charge < -0.3 is 0 Å². The van der Waals surface area contributed by atoms with E-state index in [0.29, 0.717) is 72.8 Å². The van der Waals surface area contributed by atoms with Gasteiger partial charge in [0.2, 0.25) is 0 Å². The van der Waals surface area contributed by atoms with Crippen molar-refractivity contribution in [3.63, 3.8) is 0 Å². The van der Waals surface area contributed by atoms with Crippen molar-refractivity contribution in [2.24, 2.45) is 0 Å². The highest BCUT2D eigenvalue weighted by atomic mass is 19.4. The van der Waals surface area contributed by atoms with Crippen LogP contribution < -0.4 is 0 Å². The topological polar surface area (TPSA) is 77.3 Å². The number of rotatable bonds is 7. The fourth-order valence-corrected chi connectivity index (χ4v) is 7.68. The molecule has 0 fully saturated rings. The molecule has 13 heteroatoms. The molecule has 3 aromatic heterocycles. The number of halogens is 7. The van der Waals surface area contributed by atoms with Gasteiger partial charge in [-0.2, -0.15) is 26.3 Å². The second kappa shape index (κ2) is 15.8. The largest absolute Gasteiger partial charge is 0.416 e. The van der Waals surface area contributed by atoms with Crippen molar-refractivity contribution in [2.75, 3.05) is 0 Å². The van der Waals surface area contributed by atoms with E-state index in [4.69, 9.17) is 29.9 Å². The fraction of sp³-hybridized carbons (Fsp3) is 0.0588. The molecule has 0 unspecified atom stereocenters. The summed E-state index contributed by atoms with van der Waals surface area (Å²) in [6, 6.07) is 44.0. The van der Waals surface area contributed by atoms with E-state index in [0.717, 1.165) is 24.3 Å². The second-order valence-electron chi connectivity index (χ2n) is 15.0. The van der Waals surface area contributed by atoms with Crippen molar-refractivity contribution < 1.29 is 30.7 Å². The molecule has 0 aliphatic heterocycles. The lowest BCUT2D eigenvalue weighted by molar-refractivity contribution is -0.138. The van der Waals surface area contributed by atoms with Crippen molar-refractivity contribution in [1.29, 1.82) is 0 Å². The highest BCUT2D eigenvalue weighted by Gasteiger charge is 2.32. The van der Waals surface area contributed by atoms with Crippen molar-refractivity contribution in [3.05, 3.63) is 180 Å². The summed E-state index contributed by atoms with van der Waals surface area (Å²) in [7, 11) is 0. The Kier molecular flexibility index (Phi) is 9.89. The maximum Gasteiger partial charge on any atom is 0.416 e. The third-order valence-corrected chi connectivity index (χ3v) is 10.8. The number of hydrogen-bond donors (Lipinski definition) is 0. The summed E-state index contributed by atoms with van der Waals surface area (Å²) in [6.45, 7) is -0.701. The molecule has 0 bridgehead atoms. The number of alkyl halides is 7. The zero-order chi connectivity index (χ0) is 44.2. The van der Waals surface area contributed by atoms with Gasteiger partial charge in [-0.3, -0.25) is 0 Å². The molecular weight excluding hydrogens is 830 g/mol. The summed E-state index contributed by atoms with van der Waals surface area (Å²) in [4.78, 5) is 29.8. The summed E-state index contributed by atoms with van der Waals surface area (Å²) in [5.41, 5.74) is 5.44. The first-order valence-corrected chi connectivity index (χ1v) is 19.9. The molecule has 312 valence electrons. The normalized spacial score (nSPS) is 12.0. The van der Waals surface area contributed by atoms with Crippen LogP contribution in [0.1, 0.15) is 16.7 Å². The van der Waals surface area contributed by atoms with E-state index in [1.165, 1.54) is 12.1 Å². The maximum absolute atomic E-state index is 14.0. The average Bonchev–Trinajstić information content (AvgIpc) is 3.32. The summed E-state index contributed by atoms with van der Waals surface area (Å²) >= 11 is 0. The lowest BCUT2D eigenvalue weighted by Gasteiger charge is -2.17. The second-order valence-corrected chi connectivity index (χ2v) is 15.0. The predicted molar refractivity (Wildman–Crippen MR) is 233 cm³/mol. The monoisotopic (exact) mass is 858 g/mol. The molecule has 10 rings (SSSR count). The van der Waals surface area contributed by atoms with E-state index >= 15 is 0 Å². The van der Waals surface area contributed by atoms with Crippen LogP contribution in [0.4, 0.5) is 30.7 Å². The molecule has 0 amide bonds. The van der Waals surface area contributed by atoms with Gasteiger partial charge in [-0.15, -0.1) is 0 Å². The molecular formula is C51H29F7N6. The van der Waals surface area contributed by atoms with E-state index in [9.17, 15) is 30.7 Å². The van der Waals surface area contributed by atoms with Crippen molar-refractivity contribution in [3.8, 4) is 67.5 Å². The van der Waals surface area contributed by atoms with Gasteiger partial charge >= 0.3 is 12.4 Å². The summed E-state index contributed by atoms with van der Waals surface area (Å²) < 4.78 is 97.8. The fourth-order valence-electron chi connectivity index (χ4n) is 7.68. The molecule has 0 atom stereocenters. The molecule has 0 spiro atoms. The summed E-state index contributed by atoms with van der Waals surface area (Å²) in [5.74, 6) is 0. The van der Waals surface area contributed by atoms with Crippen LogP contribution >= 0.6 is 0 Å². The number of benzene rings is 7. The molecule has 0 aliphatic carbocycles. The van der Waals surface area contributed by atoms with Crippen LogP contribution in [0, 0.1) is 0 Å². The van der Waals surface area contributed by atoms with Gasteiger partial charge in [-0.05, 0) is 72.3 Å². The molecule has 3 heterocycles. The third kappa shape index (κ3) is 7.65. The molecule has 0 N–H and O–H groups in total. The first-order chi connectivity index (χ1) is 30.9. The lowest BCUT2D eigenvalue weighted by Crippen LogP contribution is -2.06. The number of fused-ring (bicyclic) bond motifs is 3. The quantitative estimate of drug-likeness (QED) is 0.149. The Hall–Kier alpha value is -7.93. The van der Waals surface area contributed by atoms with Gasteiger partial charge in [-0.25, -0.2) is 34.3 Å². The van der Waals surface area contributed by atoms with Crippen LogP contribution in [0.5, 0.6) is 0 Å². The molecule has 10 aromatic rings. The molecule has 7 aromatic carbocycles. The Morgan fingerprint density at radius 3 is 0.922 bits per heavy atom. The van der Waals surface area contributed by atoms with E-state index in [2.05, 4.69) is 0 Å². The Morgan fingerprint density at radius 2 is 0.594 bits per heavy atom. The van der Waals surface area contributed by atoms with Crippen LogP contribution in [0.25, 0.3) is 101 Å². The minimum absolute atomic E-state index is 0.0261. The predicted octanol–water partition coefficient (Wildman–Crippen LogP) is 14.0. The van der Waals surface area contributed by atoms with Crippen LogP contribution in [-0.4, -0.2) is 29.9 Å². The highest BCUT2D eigenvalue weighted by Crippen LogP contribution is 2.42. The van der Waals surface area contributed by atoms with E-state index < -0.39 is 30.2 Å². The van der Waals surface area contributed by atoms with Gasteiger partial charge in [0, 0.05) is 33.4 Å². The Balaban J connectivity index is 1.31. The van der Waals surface area contributed by atoms with Gasteiger partial charge in [-0.1, -0.05) is 97.1 Å². The number of aromatic nitrogens is 6. The van der Waals surface area contributed by atoms with Crippen molar-refractivity contribution >= 4 is 33.1 Å². The third-order valence-electron chi connectivity index (χ3n) is 10.8. The molecule has 0 saturated heterocycles. The molecule has 0 aliphatic rings. The summed E-state index contributed by atoms with van der Waals surface area (Å²) in [6.07, 6.45) is -9.25. The minimum atomic E-state index is -4.62. The molecule has 0 saturated carbocycles. The highest BCUT2D eigenvalue weighted by molar-refractivity contribution is 5.95. The molecule has 6 nitrogen and oxygen atoms in total. The SMILES string of the molecule is FCc1ccc2nc(-c3cc(-c4nc5ccc(C(F)(F)F)cc5nc4-c4ccccc4)cc(-c4nc5ccc(C(F)(F)F)cc5nc4-c4ccccc4)c3)c(-c3ccccc3)nc2c1. The first kappa shape index (κ1) is 40.2. The molecule has 64 heavy (non-hydrogen) atoms. The van der Waals surface area contributed by atoms with E-state index in [-0.39, 0.29) is 33.5 Å². The lowest BCUT2D eigenvalue weighted by atomic mass is 9.93.